The first-order valence-electron chi connectivity index (χ1n) is 6.00. The zero-order valence-corrected chi connectivity index (χ0v) is 10.6. The van der Waals surface area contributed by atoms with E-state index in [9.17, 15) is 0 Å². The molecule has 0 saturated carbocycles. The number of H-pyrrole nitrogens is 1. The molecule has 1 aromatic carbocycles. The van der Waals surface area contributed by atoms with Crippen molar-refractivity contribution in [1.82, 2.24) is 10.2 Å². The lowest BCUT2D eigenvalue weighted by Crippen LogP contribution is -2.15. The Hall–Kier alpha value is -2.21. The third kappa shape index (κ3) is 2.10. The van der Waals surface area contributed by atoms with Crippen molar-refractivity contribution in [2.45, 2.75) is 6.61 Å². The zero-order valence-electron chi connectivity index (χ0n) is 10.6. The summed E-state index contributed by atoms with van der Waals surface area (Å²) in [5.41, 5.74) is 8.65. The molecule has 2 aromatic rings. The van der Waals surface area contributed by atoms with Gasteiger partial charge in [0.2, 0.25) is 0 Å². The van der Waals surface area contributed by atoms with Crippen LogP contribution in [0.15, 0.2) is 18.3 Å². The van der Waals surface area contributed by atoms with Gasteiger partial charge in [-0.05, 0) is 23.3 Å². The van der Waals surface area contributed by atoms with Crippen LogP contribution in [0.3, 0.4) is 0 Å². The minimum Gasteiger partial charge on any atom is -0.486 e. The normalized spacial score (nSPS) is 13.5. The van der Waals surface area contributed by atoms with Gasteiger partial charge in [0.1, 0.15) is 19.0 Å². The van der Waals surface area contributed by atoms with E-state index in [0.29, 0.717) is 25.6 Å². The summed E-state index contributed by atoms with van der Waals surface area (Å²) in [5, 5.41) is 6.68. The number of nitrogens with zero attached hydrogens (tertiary/aromatic N) is 1. The van der Waals surface area contributed by atoms with Gasteiger partial charge in [-0.3, -0.25) is 5.10 Å². The highest BCUT2D eigenvalue weighted by atomic mass is 16.6. The second-order valence-electron chi connectivity index (χ2n) is 4.28. The first kappa shape index (κ1) is 11.9. The van der Waals surface area contributed by atoms with Crippen molar-refractivity contribution in [2.24, 2.45) is 0 Å². The molecule has 0 aliphatic carbocycles. The molecule has 19 heavy (non-hydrogen) atoms. The highest BCUT2D eigenvalue weighted by Gasteiger charge is 2.18. The van der Waals surface area contributed by atoms with E-state index in [1.54, 1.807) is 13.3 Å². The molecule has 6 heteroatoms. The van der Waals surface area contributed by atoms with E-state index in [-0.39, 0.29) is 0 Å². The van der Waals surface area contributed by atoms with Gasteiger partial charge in [-0.1, -0.05) is 0 Å². The quantitative estimate of drug-likeness (QED) is 0.876. The number of ether oxygens (including phenoxy) is 3. The molecule has 0 atom stereocenters. The Labute approximate surface area is 110 Å². The Bertz CT molecular complexity index is 595. The minimum absolute atomic E-state index is 0.469. The van der Waals surface area contributed by atoms with Crippen molar-refractivity contribution < 1.29 is 14.2 Å². The van der Waals surface area contributed by atoms with Crippen molar-refractivity contribution in [3.63, 3.8) is 0 Å². The minimum atomic E-state index is 0.469. The summed E-state index contributed by atoms with van der Waals surface area (Å²) in [4.78, 5) is 0. The molecule has 1 aliphatic rings. The molecule has 3 N–H and O–H groups in total. The van der Waals surface area contributed by atoms with Gasteiger partial charge in [-0.2, -0.15) is 5.10 Å². The van der Waals surface area contributed by atoms with Crippen LogP contribution in [0.5, 0.6) is 11.5 Å². The van der Waals surface area contributed by atoms with Crippen molar-refractivity contribution >= 4 is 5.82 Å². The van der Waals surface area contributed by atoms with Gasteiger partial charge in [0.25, 0.3) is 0 Å². The Balaban J connectivity index is 2.13. The maximum atomic E-state index is 5.88. The number of aromatic nitrogens is 2. The van der Waals surface area contributed by atoms with Gasteiger partial charge >= 0.3 is 0 Å². The molecule has 0 amide bonds. The van der Waals surface area contributed by atoms with Crippen LogP contribution in [0, 0.1) is 0 Å². The fourth-order valence-corrected chi connectivity index (χ4v) is 2.17. The average Bonchev–Trinajstić information content (AvgIpc) is 2.84. The van der Waals surface area contributed by atoms with Crippen molar-refractivity contribution in [2.75, 3.05) is 26.1 Å². The number of nitrogen functional groups attached to an aromatic ring is 1. The molecule has 0 radical (unpaired) electrons. The number of hydrogen-bond donors (Lipinski definition) is 2. The SMILES string of the molecule is COCc1cc2c(cc1-c1cn[nH]c1N)OCCO2. The van der Waals surface area contributed by atoms with Gasteiger partial charge in [0.15, 0.2) is 11.5 Å². The lowest BCUT2D eigenvalue weighted by atomic mass is 10.0. The number of aromatic amines is 1. The molecule has 6 nitrogen and oxygen atoms in total. The predicted molar refractivity (Wildman–Crippen MR) is 70.1 cm³/mol. The molecule has 100 valence electrons. The summed E-state index contributed by atoms with van der Waals surface area (Å²) in [5.74, 6) is 1.99. The summed E-state index contributed by atoms with van der Waals surface area (Å²) < 4.78 is 16.4. The van der Waals surface area contributed by atoms with E-state index < -0.39 is 0 Å². The van der Waals surface area contributed by atoms with Crippen LogP contribution >= 0.6 is 0 Å². The van der Waals surface area contributed by atoms with E-state index in [4.69, 9.17) is 19.9 Å². The molecular formula is C13H15N3O3. The molecule has 2 heterocycles. The van der Waals surface area contributed by atoms with E-state index in [0.717, 1.165) is 28.2 Å². The number of rotatable bonds is 3. The first-order chi connectivity index (χ1) is 9.29. The summed E-state index contributed by atoms with van der Waals surface area (Å²) >= 11 is 0. The third-order valence-corrected chi connectivity index (χ3v) is 3.03. The second-order valence-corrected chi connectivity index (χ2v) is 4.28. The second kappa shape index (κ2) is 4.81. The summed E-state index contributed by atoms with van der Waals surface area (Å²) in [6.45, 7) is 1.58. The molecule has 0 unspecified atom stereocenters. The number of hydrogen-bond acceptors (Lipinski definition) is 5. The van der Waals surface area contributed by atoms with Gasteiger partial charge in [0.05, 0.1) is 12.8 Å². The third-order valence-electron chi connectivity index (χ3n) is 3.03. The Kier molecular flexibility index (Phi) is 3.00. The summed E-state index contributed by atoms with van der Waals surface area (Å²) in [7, 11) is 1.65. The van der Waals surface area contributed by atoms with Crippen LogP contribution in [-0.2, 0) is 11.3 Å². The van der Waals surface area contributed by atoms with Gasteiger partial charge < -0.3 is 19.9 Å². The number of anilines is 1. The van der Waals surface area contributed by atoms with Crippen LogP contribution in [0.1, 0.15) is 5.56 Å². The fraction of sp³-hybridized carbons (Fsp3) is 0.308. The molecule has 1 aromatic heterocycles. The maximum absolute atomic E-state index is 5.88. The van der Waals surface area contributed by atoms with Crippen molar-refractivity contribution in [3.8, 4) is 22.6 Å². The highest BCUT2D eigenvalue weighted by molar-refractivity contribution is 5.78. The van der Waals surface area contributed by atoms with Gasteiger partial charge in [-0.25, -0.2) is 0 Å². The monoisotopic (exact) mass is 261 g/mol. The molecule has 0 bridgehead atoms. The topological polar surface area (TPSA) is 82.4 Å². The summed E-state index contributed by atoms with van der Waals surface area (Å²) in [6, 6.07) is 3.85. The highest BCUT2D eigenvalue weighted by Crippen LogP contribution is 2.38. The van der Waals surface area contributed by atoms with E-state index >= 15 is 0 Å². The molecule has 0 saturated heterocycles. The molecule has 3 rings (SSSR count). The lowest BCUT2D eigenvalue weighted by Gasteiger charge is -2.21. The van der Waals surface area contributed by atoms with Gasteiger partial charge in [0, 0.05) is 12.7 Å². The standard InChI is InChI=1S/C13H15N3O3/c1-17-7-8-4-11-12(19-3-2-18-11)5-9(8)10-6-15-16-13(10)14/h4-6H,2-3,7H2,1H3,(H3,14,15,16). The van der Waals surface area contributed by atoms with E-state index in [1.165, 1.54) is 0 Å². The van der Waals surface area contributed by atoms with Crippen molar-refractivity contribution in [3.05, 3.63) is 23.9 Å². The van der Waals surface area contributed by atoms with Crippen LogP contribution in [-0.4, -0.2) is 30.5 Å². The van der Waals surface area contributed by atoms with Crippen molar-refractivity contribution in [1.29, 1.82) is 0 Å². The average molecular weight is 261 g/mol. The van der Waals surface area contributed by atoms with Gasteiger partial charge in [-0.15, -0.1) is 0 Å². The fourth-order valence-electron chi connectivity index (χ4n) is 2.17. The molecule has 1 aliphatic heterocycles. The largest absolute Gasteiger partial charge is 0.486 e. The first-order valence-corrected chi connectivity index (χ1v) is 6.00. The number of fused-ring (bicyclic) bond motifs is 1. The number of methoxy groups -OCH3 is 1. The van der Waals surface area contributed by atoms with Crippen LogP contribution in [0.2, 0.25) is 0 Å². The Morgan fingerprint density at radius 2 is 2.00 bits per heavy atom. The number of nitrogens with one attached hydrogen (secondary N) is 1. The maximum Gasteiger partial charge on any atom is 0.162 e. The van der Waals surface area contributed by atoms with Crippen LogP contribution in [0.25, 0.3) is 11.1 Å². The van der Waals surface area contributed by atoms with E-state index in [2.05, 4.69) is 10.2 Å². The molecule has 0 fully saturated rings. The predicted octanol–water partition coefficient (Wildman–Crippen LogP) is 1.58. The van der Waals surface area contributed by atoms with Crippen LogP contribution < -0.4 is 15.2 Å². The molecular weight excluding hydrogens is 246 g/mol. The zero-order chi connectivity index (χ0) is 13.2. The van der Waals surface area contributed by atoms with E-state index in [1.807, 2.05) is 12.1 Å². The van der Waals surface area contributed by atoms with Crippen LogP contribution in [0.4, 0.5) is 5.82 Å². The Morgan fingerprint density at radius 3 is 2.63 bits per heavy atom. The smallest absolute Gasteiger partial charge is 0.162 e. The number of benzene rings is 1. The summed E-state index contributed by atoms with van der Waals surface area (Å²) in [6.07, 6.45) is 1.69. The Morgan fingerprint density at radius 1 is 1.26 bits per heavy atom. The number of nitrogens with two attached hydrogens (primary N) is 1. The molecule has 0 spiro atoms. The lowest BCUT2D eigenvalue weighted by molar-refractivity contribution is 0.168.